The molecule has 0 saturated carbocycles. The summed E-state index contributed by atoms with van der Waals surface area (Å²) in [6, 6.07) is 12.3. The average Bonchev–Trinajstić information content (AvgIpc) is 2.82. The largest absolute Gasteiger partial charge is 0.493 e. The van der Waals surface area contributed by atoms with Gasteiger partial charge in [-0.15, -0.1) is 0 Å². The molecule has 35 heavy (non-hydrogen) atoms. The predicted molar refractivity (Wildman–Crippen MR) is 121 cm³/mol. The Morgan fingerprint density at radius 1 is 1.00 bits per heavy atom. The predicted octanol–water partition coefficient (Wildman–Crippen LogP) is 4.69. The lowest BCUT2D eigenvalue weighted by Gasteiger charge is -2.13. The van der Waals surface area contributed by atoms with Gasteiger partial charge in [0.15, 0.2) is 11.4 Å². The number of nitrogens with zero attached hydrogens (tertiary/aromatic N) is 2. The molecular weight excluding hydrogens is 467 g/mol. The Labute approximate surface area is 198 Å². The van der Waals surface area contributed by atoms with Crippen molar-refractivity contribution in [2.75, 3.05) is 19.5 Å². The molecular formula is C24H20F3N3O5. The zero-order valence-electron chi connectivity index (χ0n) is 18.8. The summed E-state index contributed by atoms with van der Waals surface area (Å²) < 4.78 is 49.6. The number of hydrogen-bond acceptors (Lipinski definition) is 7. The van der Waals surface area contributed by atoms with Crippen LogP contribution in [0, 0.1) is 0 Å². The van der Waals surface area contributed by atoms with Crippen LogP contribution in [0.5, 0.6) is 11.5 Å². The minimum absolute atomic E-state index is 0.129. The summed E-state index contributed by atoms with van der Waals surface area (Å²) in [6.45, 7) is 1.18. The summed E-state index contributed by atoms with van der Waals surface area (Å²) in [5.74, 6) is -1.31. The molecule has 0 spiro atoms. The number of halogens is 3. The van der Waals surface area contributed by atoms with Crippen LogP contribution in [0.1, 0.15) is 34.1 Å². The fraction of sp³-hybridized carbons (Fsp3) is 0.167. The first-order chi connectivity index (χ1) is 16.6. The fourth-order valence-corrected chi connectivity index (χ4v) is 3.10. The summed E-state index contributed by atoms with van der Waals surface area (Å²) in [6.07, 6.45) is -3.19. The standard InChI is InChI=1S/C24H20F3N3O5/c1-14(31)35-22-19(33-2)11-12-28-21(22)23(32)29-18-9-7-15(8-10-18)20(30-34-3)16-5-4-6-17(13-16)24(25,26)27/h4-13H,1-3H3,(H,29,32)/b30-20-. The molecule has 0 saturated heterocycles. The molecule has 0 aliphatic rings. The summed E-state index contributed by atoms with van der Waals surface area (Å²) >= 11 is 0. The third kappa shape index (κ3) is 6.14. The summed E-state index contributed by atoms with van der Waals surface area (Å²) in [4.78, 5) is 33.0. The van der Waals surface area contributed by atoms with Crippen LogP contribution in [0.15, 0.2) is 65.9 Å². The molecule has 1 heterocycles. The van der Waals surface area contributed by atoms with E-state index >= 15 is 0 Å². The van der Waals surface area contributed by atoms with Crippen LogP contribution in [0.3, 0.4) is 0 Å². The first kappa shape index (κ1) is 25.2. The normalized spacial score (nSPS) is 11.5. The topological polar surface area (TPSA) is 99.1 Å². The van der Waals surface area contributed by atoms with Gasteiger partial charge < -0.3 is 19.6 Å². The number of aromatic nitrogens is 1. The van der Waals surface area contributed by atoms with E-state index in [4.69, 9.17) is 14.3 Å². The first-order valence-corrected chi connectivity index (χ1v) is 10.1. The van der Waals surface area contributed by atoms with Crippen molar-refractivity contribution in [3.8, 4) is 11.5 Å². The molecule has 11 heteroatoms. The number of amides is 1. The molecule has 3 rings (SSSR count). The summed E-state index contributed by atoms with van der Waals surface area (Å²) in [7, 11) is 2.64. The van der Waals surface area contributed by atoms with Gasteiger partial charge in [-0.05, 0) is 24.3 Å². The van der Waals surface area contributed by atoms with Crippen molar-refractivity contribution in [3.05, 3.63) is 83.2 Å². The van der Waals surface area contributed by atoms with Crippen molar-refractivity contribution in [1.29, 1.82) is 0 Å². The number of oxime groups is 1. The number of hydrogen-bond donors (Lipinski definition) is 1. The maximum Gasteiger partial charge on any atom is 0.416 e. The van der Waals surface area contributed by atoms with Crippen LogP contribution in [-0.4, -0.2) is 36.8 Å². The number of nitrogens with one attached hydrogen (secondary N) is 1. The molecule has 0 aliphatic heterocycles. The smallest absolute Gasteiger partial charge is 0.416 e. The molecule has 1 N–H and O–H groups in total. The van der Waals surface area contributed by atoms with Gasteiger partial charge in [0.05, 0.1) is 12.7 Å². The molecule has 0 aliphatic carbocycles. The van der Waals surface area contributed by atoms with Crippen molar-refractivity contribution >= 4 is 23.3 Å². The number of anilines is 1. The summed E-state index contributed by atoms with van der Waals surface area (Å²) in [5, 5.41) is 6.50. The molecule has 0 fully saturated rings. The van der Waals surface area contributed by atoms with Gasteiger partial charge in [0.25, 0.3) is 5.91 Å². The van der Waals surface area contributed by atoms with Gasteiger partial charge in [-0.25, -0.2) is 4.98 Å². The quantitative estimate of drug-likeness (QED) is 0.295. The SMILES string of the molecule is CO/N=C(/c1ccc(NC(=O)c2nccc(OC)c2OC(C)=O)cc1)c1cccc(C(F)(F)F)c1. The number of alkyl halides is 3. The van der Waals surface area contributed by atoms with E-state index in [2.05, 4.69) is 15.5 Å². The number of benzene rings is 2. The van der Waals surface area contributed by atoms with Crippen molar-refractivity contribution in [2.24, 2.45) is 5.16 Å². The van der Waals surface area contributed by atoms with Crippen LogP contribution in [-0.2, 0) is 15.8 Å². The minimum Gasteiger partial charge on any atom is -0.493 e. The van der Waals surface area contributed by atoms with E-state index in [0.29, 0.717) is 11.3 Å². The van der Waals surface area contributed by atoms with Gasteiger partial charge in [0.1, 0.15) is 12.8 Å². The lowest BCUT2D eigenvalue weighted by Crippen LogP contribution is -2.17. The molecule has 8 nitrogen and oxygen atoms in total. The molecule has 1 amide bonds. The first-order valence-electron chi connectivity index (χ1n) is 10.1. The number of esters is 1. The summed E-state index contributed by atoms with van der Waals surface area (Å²) in [5.41, 5.74) is 0.168. The van der Waals surface area contributed by atoms with E-state index in [-0.39, 0.29) is 28.5 Å². The van der Waals surface area contributed by atoms with Gasteiger partial charge in [-0.2, -0.15) is 13.2 Å². The second kappa shape index (κ2) is 10.7. The van der Waals surface area contributed by atoms with Crippen LogP contribution < -0.4 is 14.8 Å². The van der Waals surface area contributed by atoms with E-state index in [0.717, 1.165) is 12.1 Å². The van der Waals surface area contributed by atoms with Crippen LogP contribution in [0.2, 0.25) is 0 Å². The Morgan fingerprint density at radius 2 is 1.71 bits per heavy atom. The van der Waals surface area contributed by atoms with Crippen LogP contribution in [0.25, 0.3) is 0 Å². The highest BCUT2D eigenvalue weighted by Gasteiger charge is 2.31. The molecule has 0 radical (unpaired) electrons. The Balaban J connectivity index is 1.87. The minimum atomic E-state index is -4.51. The van der Waals surface area contributed by atoms with Crippen LogP contribution >= 0.6 is 0 Å². The maximum absolute atomic E-state index is 13.1. The van der Waals surface area contributed by atoms with Crippen molar-refractivity contribution in [3.63, 3.8) is 0 Å². The molecule has 0 bridgehead atoms. The Hall–Kier alpha value is -4.41. The Kier molecular flexibility index (Phi) is 7.69. The lowest BCUT2D eigenvalue weighted by atomic mass is 10.00. The fourth-order valence-electron chi connectivity index (χ4n) is 3.10. The van der Waals surface area contributed by atoms with E-state index in [1.165, 1.54) is 57.7 Å². The molecule has 2 aromatic carbocycles. The van der Waals surface area contributed by atoms with Gasteiger partial charge >= 0.3 is 12.1 Å². The van der Waals surface area contributed by atoms with Gasteiger partial charge in [-0.1, -0.05) is 29.4 Å². The lowest BCUT2D eigenvalue weighted by molar-refractivity contribution is -0.137. The average molecular weight is 487 g/mol. The highest BCUT2D eigenvalue weighted by Crippen LogP contribution is 2.31. The van der Waals surface area contributed by atoms with E-state index < -0.39 is 23.6 Å². The van der Waals surface area contributed by atoms with E-state index in [1.807, 2.05) is 0 Å². The van der Waals surface area contributed by atoms with E-state index in [1.54, 1.807) is 12.1 Å². The molecule has 182 valence electrons. The van der Waals surface area contributed by atoms with E-state index in [9.17, 15) is 22.8 Å². The van der Waals surface area contributed by atoms with Gasteiger partial charge in [0, 0.05) is 36.0 Å². The maximum atomic E-state index is 13.1. The molecule has 1 aromatic heterocycles. The van der Waals surface area contributed by atoms with Crippen molar-refractivity contribution in [1.82, 2.24) is 4.98 Å². The monoisotopic (exact) mass is 487 g/mol. The van der Waals surface area contributed by atoms with Gasteiger partial charge in [-0.3, -0.25) is 9.59 Å². The number of ether oxygens (including phenoxy) is 2. The zero-order valence-corrected chi connectivity index (χ0v) is 18.8. The molecule has 0 unspecified atom stereocenters. The number of rotatable bonds is 7. The van der Waals surface area contributed by atoms with Crippen LogP contribution in [0.4, 0.5) is 18.9 Å². The zero-order chi connectivity index (χ0) is 25.6. The molecule has 0 atom stereocenters. The third-order valence-electron chi connectivity index (χ3n) is 4.61. The Bertz CT molecular complexity index is 1260. The highest BCUT2D eigenvalue weighted by atomic mass is 19.4. The second-order valence-corrected chi connectivity index (χ2v) is 7.02. The number of methoxy groups -OCH3 is 1. The highest BCUT2D eigenvalue weighted by molar-refractivity contribution is 6.13. The van der Waals surface area contributed by atoms with Crippen molar-refractivity contribution < 1.29 is 37.1 Å². The molecule has 3 aromatic rings. The number of carbonyl (C=O) groups excluding carboxylic acids is 2. The second-order valence-electron chi connectivity index (χ2n) is 7.02. The number of carbonyl (C=O) groups is 2. The third-order valence-corrected chi connectivity index (χ3v) is 4.61. The Morgan fingerprint density at radius 3 is 2.31 bits per heavy atom. The van der Waals surface area contributed by atoms with Crippen molar-refractivity contribution in [2.45, 2.75) is 13.1 Å². The van der Waals surface area contributed by atoms with Gasteiger partial charge in [0.2, 0.25) is 5.75 Å². The number of pyridine rings is 1.